The monoisotopic (exact) mass is 315 g/mol. The van der Waals surface area contributed by atoms with Gasteiger partial charge in [-0.25, -0.2) is 12.8 Å². The standard InChI is InChI=1S/C15H22FNO3S/c1-12(18)11-14-5-3-2-4-10-17(14)21(19,20)15-8-6-13(16)7-9-15/h6-9,12,14,18H,2-5,10-11H2,1H3. The number of benzene rings is 1. The van der Waals surface area contributed by atoms with Gasteiger partial charge in [-0.15, -0.1) is 0 Å². The quantitative estimate of drug-likeness (QED) is 0.929. The van der Waals surface area contributed by atoms with Crippen molar-refractivity contribution < 1.29 is 17.9 Å². The number of rotatable bonds is 4. The van der Waals surface area contributed by atoms with E-state index in [0.717, 1.165) is 37.8 Å². The van der Waals surface area contributed by atoms with Gasteiger partial charge in [0.2, 0.25) is 10.0 Å². The third-order valence-electron chi connectivity index (χ3n) is 3.86. The van der Waals surface area contributed by atoms with E-state index in [0.29, 0.717) is 13.0 Å². The summed E-state index contributed by atoms with van der Waals surface area (Å²) in [5, 5.41) is 9.62. The van der Waals surface area contributed by atoms with Gasteiger partial charge in [0, 0.05) is 12.6 Å². The summed E-state index contributed by atoms with van der Waals surface area (Å²) in [6.07, 6.45) is 3.42. The van der Waals surface area contributed by atoms with Gasteiger partial charge < -0.3 is 5.11 Å². The molecule has 2 atom stereocenters. The molecule has 4 nitrogen and oxygen atoms in total. The zero-order valence-electron chi connectivity index (χ0n) is 12.2. The molecular weight excluding hydrogens is 293 g/mol. The largest absolute Gasteiger partial charge is 0.393 e. The molecule has 1 aliphatic heterocycles. The molecule has 2 unspecified atom stereocenters. The van der Waals surface area contributed by atoms with E-state index in [9.17, 15) is 17.9 Å². The summed E-state index contributed by atoms with van der Waals surface area (Å²) in [5.41, 5.74) is 0. The number of aliphatic hydroxyl groups excluding tert-OH is 1. The molecule has 1 aromatic carbocycles. The fourth-order valence-electron chi connectivity index (χ4n) is 2.84. The number of hydrogen-bond donors (Lipinski definition) is 1. The van der Waals surface area contributed by atoms with Crippen LogP contribution in [0.4, 0.5) is 4.39 Å². The lowest BCUT2D eigenvalue weighted by Gasteiger charge is -2.30. The maximum atomic E-state index is 13.0. The van der Waals surface area contributed by atoms with Crippen molar-refractivity contribution in [1.82, 2.24) is 4.31 Å². The van der Waals surface area contributed by atoms with Crippen LogP contribution in [0.25, 0.3) is 0 Å². The first-order valence-corrected chi connectivity index (χ1v) is 8.81. The molecule has 1 N–H and O–H groups in total. The van der Waals surface area contributed by atoms with Crippen LogP contribution in [0.3, 0.4) is 0 Å². The minimum Gasteiger partial charge on any atom is -0.393 e. The Hall–Kier alpha value is -0.980. The summed E-state index contributed by atoms with van der Waals surface area (Å²) < 4.78 is 40.0. The second-order valence-electron chi connectivity index (χ2n) is 5.66. The Morgan fingerprint density at radius 3 is 2.57 bits per heavy atom. The second-order valence-corrected chi connectivity index (χ2v) is 7.55. The summed E-state index contributed by atoms with van der Waals surface area (Å²) in [4.78, 5) is 0.112. The van der Waals surface area contributed by atoms with Crippen LogP contribution < -0.4 is 0 Å². The zero-order valence-corrected chi connectivity index (χ0v) is 13.0. The van der Waals surface area contributed by atoms with E-state index in [1.54, 1.807) is 6.92 Å². The molecule has 0 amide bonds. The number of aliphatic hydroxyl groups is 1. The molecule has 0 saturated carbocycles. The second kappa shape index (κ2) is 6.85. The van der Waals surface area contributed by atoms with Crippen molar-refractivity contribution in [2.24, 2.45) is 0 Å². The molecule has 0 aliphatic carbocycles. The fraction of sp³-hybridized carbons (Fsp3) is 0.600. The van der Waals surface area contributed by atoms with Crippen LogP contribution in [0.1, 0.15) is 39.0 Å². The molecule has 1 saturated heterocycles. The molecular formula is C15H22FNO3S. The molecule has 1 fully saturated rings. The summed E-state index contributed by atoms with van der Waals surface area (Å²) >= 11 is 0. The van der Waals surface area contributed by atoms with Crippen LogP contribution in [0.2, 0.25) is 0 Å². The SMILES string of the molecule is CC(O)CC1CCCCCN1S(=O)(=O)c1ccc(F)cc1. The predicted molar refractivity (Wildman–Crippen MR) is 78.8 cm³/mol. The van der Waals surface area contributed by atoms with Crippen molar-refractivity contribution in [3.8, 4) is 0 Å². The van der Waals surface area contributed by atoms with E-state index in [-0.39, 0.29) is 10.9 Å². The van der Waals surface area contributed by atoms with Crippen LogP contribution in [0.5, 0.6) is 0 Å². The molecule has 1 aliphatic rings. The molecule has 0 bridgehead atoms. The fourth-order valence-corrected chi connectivity index (χ4v) is 4.54. The molecule has 0 radical (unpaired) electrons. The van der Waals surface area contributed by atoms with E-state index in [1.165, 1.54) is 16.4 Å². The Morgan fingerprint density at radius 1 is 1.29 bits per heavy atom. The first kappa shape index (κ1) is 16.4. The highest BCUT2D eigenvalue weighted by Gasteiger charge is 2.32. The Balaban J connectivity index is 2.31. The number of sulfonamides is 1. The van der Waals surface area contributed by atoms with E-state index in [4.69, 9.17) is 0 Å². The van der Waals surface area contributed by atoms with Gasteiger partial charge in [-0.05, 0) is 50.5 Å². The average molecular weight is 315 g/mol. The Morgan fingerprint density at radius 2 is 1.95 bits per heavy atom. The van der Waals surface area contributed by atoms with E-state index in [1.807, 2.05) is 0 Å². The van der Waals surface area contributed by atoms with Crippen LogP contribution in [0, 0.1) is 5.82 Å². The summed E-state index contributed by atoms with van der Waals surface area (Å²) in [7, 11) is -3.64. The molecule has 21 heavy (non-hydrogen) atoms. The van der Waals surface area contributed by atoms with Crippen LogP contribution >= 0.6 is 0 Å². The summed E-state index contributed by atoms with van der Waals surface area (Å²) in [5.74, 6) is -0.453. The number of halogens is 1. The van der Waals surface area contributed by atoms with Gasteiger partial charge in [-0.2, -0.15) is 4.31 Å². The first-order valence-electron chi connectivity index (χ1n) is 7.37. The number of nitrogens with zero attached hydrogens (tertiary/aromatic N) is 1. The minimum absolute atomic E-state index is 0.112. The zero-order chi connectivity index (χ0) is 15.5. The molecule has 1 heterocycles. The van der Waals surface area contributed by atoms with Crippen molar-refractivity contribution in [2.75, 3.05) is 6.54 Å². The van der Waals surface area contributed by atoms with Crippen molar-refractivity contribution in [3.05, 3.63) is 30.1 Å². The highest BCUT2D eigenvalue weighted by Crippen LogP contribution is 2.27. The maximum Gasteiger partial charge on any atom is 0.243 e. The summed E-state index contributed by atoms with van der Waals surface area (Å²) in [6.45, 7) is 2.13. The lowest BCUT2D eigenvalue weighted by atomic mass is 10.1. The highest BCUT2D eigenvalue weighted by atomic mass is 32.2. The van der Waals surface area contributed by atoms with Gasteiger partial charge in [0.25, 0.3) is 0 Å². The van der Waals surface area contributed by atoms with Gasteiger partial charge in [-0.1, -0.05) is 12.8 Å². The molecule has 6 heteroatoms. The van der Waals surface area contributed by atoms with Crippen LogP contribution in [-0.4, -0.2) is 36.5 Å². The van der Waals surface area contributed by atoms with E-state index < -0.39 is 21.9 Å². The minimum atomic E-state index is -3.64. The smallest absolute Gasteiger partial charge is 0.243 e. The molecule has 2 rings (SSSR count). The lowest BCUT2D eigenvalue weighted by Crippen LogP contribution is -2.41. The molecule has 118 valence electrons. The van der Waals surface area contributed by atoms with Crippen LogP contribution in [0.15, 0.2) is 29.2 Å². The molecule has 0 spiro atoms. The summed E-state index contributed by atoms with van der Waals surface area (Å²) in [6, 6.07) is 4.73. The van der Waals surface area contributed by atoms with E-state index >= 15 is 0 Å². The molecule has 1 aromatic rings. The van der Waals surface area contributed by atoms with Gasteiger partial charge >= 0.3 is 0 Å². The Kier molecular flexibility index (Phi) is 5.35. The third kappa shape index (κ3) is 4.02. The van der Waals surface area contributed by atoms with Gasteiger partial charge in [-0.3, -0.25) is 0 Å². The Bertz CT molecular complexity index is 557. The topological polar surface area (TPSA) is 57.6 Å². The maximum absolute atomic E-state index is 13.0. The van der Waals surface area contributed by atoms with Crippen molar-refractivity contribution >= 4 is 10.0 Å². The van der Waals surface area contributed by atoms with Crippen molar-refractivity contribution in [2.45, 2.75) is 56.1 Å². The van der Waals surface area contributed by atoms with Gasteiger partial charge in [0.05, 0.1) is 11.0 Å². The first-order chi connectivity index (χ1) is 9.91. The predicted octanol–water partition coefficient (Wildman–Crippen LogP) is 2.53. The number of hydrogen-bond acceptors (Lipinski definition) is 3. The van der Waals surface area contributed by atoms with Crippen LogP contribution in [-0.2, 0) is 10.0 Å². The highest BCUT2D eigenvalue weighted by molar-refractivity contribution is 7.89. The average Bonchev–Trinajstić information content (AvgIpc) is 2.64. The third-order valence-corrected chi connectivity index (χ3v) is 5.82. The molecule has 0 aromatic heterocycles. The van der Waals surface area contributed by atoms with Crippen molar-refractivity contribution in [3.63, 3.8) is 0 Å². The normalized spacial score (nSPS) is 22.7. The van der Waals surface area contributed by atoms with E-state index in [2.05, 4.69) is 0 Å². The Labute approximate surface area is 125 Å². The van der Waals surface area contributed by atoms with Crippen molar-refractivity contribution in [1.29, 1.82) is 0 Å². The van der Waals surface area contributed by atoms with Gasteiger partial charge in [0.1, 0.15) is 5.82 Å². The lowest BCUT2D eigenvalue weighted by molar-refractivity contribution is 0.147. The van der Waals surface area contributed by atoms with Gasteiger partial charge in [0.15, 0.2) is 0 Å².